The summed E-state index contributed by atoms with van der Waals surface area (Å²) in [6.07, 6.45) is 0. The number of fused-ring (bicyclic) bond motifs is 3. The largest absolute Gasteiger partial charge is 0.477 e. The lowest BCUT2D eigenvalue weighted by molar-refractivity contribution is 0.0691. The Bertz CT molecular complexity index is 1300. The lowest BCUT2D eigenvalue weighted by Crippen LogP contribution is -2.18. The smallest absolute Gasteiger partial charge is 0.354 e. The normalized spacial score (nSPS) is 13.0. The number of aromatic nitrogens is 1. The van der Waals surface area contributed by atoms with Gasteiger partial charge in [0.05, 0.1) is 10.5 Å². The van der Waals surface area contributed by atoms with Gasteiger partial charge in [0.1, 0.15) is 0 Å². The fraction of sp³-hybridized carbons (Fsp3) is 0.0833. The van der Waals surface area contributed by atoms with Crippen LogP contribution in [0.25, 0.3) is 10.9 Å². The third-order valence-electron chi connectivity index (χ3n) is 5.35. The number of halogens is 2. The van der Waals surface area contributed by atoms with Gasteiger partial charge in [-0.3, -0.25) is 0 Å². The van der Waals surface area contributed by atoms with Crippen LogP contribution in [-0.2, 0) is 0 Å². The second-order valence-corrected chi connectivity index (χ2v) is 9.18. The second-order valence-electron chi connectivity index (χ2n) is 7.25. The van der Waals surface area contributed by atoms with Crippen molar-refractivity contribution >= 4 is 57.5 Å². The van der Waals surface area contributed by atoms with Crippen molar-refractivity contribution in [3.05, 3.63) is 93.6 Å². The number of carbonyl (C=O) groups is 1. The first kappa shape index (κ1) is 20.2. The molecule has 1 aromatic heterocycles. The fourth-order valence-corrected chi connectivity index (χ4v) is 5.75. The zero-order valence-electron chi connectivity index (χ0n) is 16.1. The van der Waals surface area contributed by atoms with E-state index in [1.807, 2.05) is 24.3 Å². The molecule has 31 heavy (non-hydrogen) atoms. The molecule has 3 aromatic carbocycles. The Morgan fingerprint density at radius 2 is 1.65 bits per heavy atom. The van der Waals surface area contributed by atoms with Gasteiger partial charge in [0, 0.05) is 38.3 Å². The summed E-state index contributed by atoms with van der Waals surface area (Å²) in [7, 11) is 0. The van der Waals surface area contributed by atoms with Gasteiger partial charge in [-0.1, -0.05) is 71.4 Å². The summed E-state index contributed by atoms with van der Waals surface area (Å²) in [6, 6.07) is 21.5. The van der Waals surface area contributed by atoms with Crippen LogP contribution < -0.4 is 5.32 Å². The van der Waals surface area contributed by atoms with E-state index in [9.17, 15) is 9.90 Å². The van der Waals surface area contributed by atoms with E-state index in [0.717, 1.165) is 0 Å². The van der Waals surface area contributed by atoms with Crippen LogP contribution in [0.5, 0.6) is 0 Å². The van der Waals surface area contributed by atoms with Gasteiger partial charge in [0.25, 0.3) is 0 Å². The molecule has 154 valence electrons. The average molecular weight is 467 g/mol. The number of aromatic carboxylic acids is 1. The maximum absolute atomic E-state index is 11.6. The Morgan fingerprint density at radius 1 is 1.00 bits per heavy atom. The Balaban J connectivity index is 1.59. The summed E-state index contributed by atoms with van der Waals surface area (Å²) < 4.78 is 0. The Morgan fingerprint density at radius 3 is 2.29 bits per heavy atom. The minimum atomic E-state index is -1.11. The third-order valence-corrected chi connectivity index (χ3v) is 7.05. The SMILES string of the molecule is O=C(O)c1cc(NCC2c3ccccc3Sc3ccccc32)c2c(Cl)cc(Cl)cc2n1. The van der Waals surface area contributed by atoms with Gasteiger partial charge in [0.15, 0.2) is 5.69 Å². The van der Waals surface area contributed by atoms with Crippen LogP contribution in [0.2, 0.25) is 10.0 Å². The van der Waals surface area contributed by atoms with Gasteiger partial charge < -0.3 is 10.4 Å². The van der Waals surface area contributed by atoms with E-state index in [1.54, 1.807) is 23.9 Å². The second kappa shape index (κ2) is 8.08. The molecule has 0 atom stereocenters. The van der Waals surface area contributed by atoms with E-state index >= 15 is 0 Å². The molecular formula is C24H16Cl2N2O2S. The quantitative estimate of drug-likeness (QED) is 0.340. The maximum Gasteiger partial charge on any atom is 0.354 e. The highest BCUT2D eigenvalue weighted by Gasteiger charge is 2.26. The molecule has 1 aliphatic rings. The summed E-state index contributed by atoms with van der Waals surface area (Å²) in [5.74, 6) is -0.998. The number of benzene rings is 3. The molecule has 0 saturated heterocycles. The number of hydrogen-bond acceptors (Lipinski definition) is 4. The number of nitrogens with zero attached hydrogens (tertiary/aromatic N) is 1. The van der Waals surface area contributed by atoms with Crippen LogP contribution in [0.4, 0.5) is 5.69 Å². The summed E-state index contributed by atoms with van der Waals surface area (Å²) in [5, 5.41) is 14.5. The minimum absolute atomic E-state index is 0.0617. The van der Waals surface area contributed by atoms with Crippen LogP contribution in [0.15, 0.2) is 76.5 Å². The molecule has 5 rings (SSSR count). The van der Waals surface area contributed by atoms with Gasteiger partial charge in [-0.2, -0.15) is 0 Å². The molecule has 0 unspecified atom stereocenters. The first-order chi connectivity index (χ1) is 15.0. The van der Waals surface area contributed by atoms with Crippen LogP contribution in [0.1, 0.15) is 27.5 Å². The molecule has 2 N–H and O–H groups in total. The van der Waals surface area contributed by atoms with E-state index < -0.39 is 5.97 Å². The van der Waals surface area contributed by atoms with Crippen molar-refractivity contribution in [3.63, 3.8) is 0 Å². The van der Waals surface area contributed by atoms with E-state index in [1.165, 1.54) is 27.0 Å². The number of hydrogen-bond donors (Lipinski definition) is 2. The molecule has 0 bridgehead atoms. The predicted molar refractivity (Wildman–Crippen MR) is 126 cm³/mol. The molecule has 7 heteroatoms. The number of pyridine rings is 1. The van der Waals surface area contributed by atoms with Gasteiger partial charge in [0.2, 0.25) is 0 Å². The third kappa shape index (κ3) is 3.74. The van der Waals surface area contributed by atoms with Gasteiger partial charge in [-0.05, 0) is 41.5 Å². The highest BCUT2D eigenvalue weighted by atomic mass is 35.5. The van der Waals surface area contributed by atoms with Crippen LogP contribution in [0, 0.1) is 0 Å². The lowest BCUT2D eigenvalue weighted by atomic mass is 9.90. The molecular weight excluding hydrogens is 451 g/mol. The Hall–Kier alpha value is -2.73. The number of anilines is 1. The van der Waals surface area contributed by atoms with E-state index in [2.05, 4.69) is 34.6 Å². The van der Waals surface area contributed by atoms with Crippen molar-refractivity contribution in [1.82, 2.24) is 4.98 Å². The number of nitrogens with one attached hydrogen (secondary N) is 1. The molecule has 2 heterocycles. The van der Waals surface area contributed by atoms with Crippen molar-refractivity contribution in [2.24, 2.45) is 0 Å². The van der Waals surface area contributed by atoms with Crippen LogP contribution in [-0.4, -0.2) is 22.6 Å². The fourth-order valence-electron chi connectivity index (χ4n) is 3.98. The number of rotatable bonds is 4. The standard InChI is InChI=1S/C24H16Cl2N2O2S/c25-13-9-17(26)23-18(11-20(24(29)30)28-19(23)10-13)27-12-16-14-5-1-3-7-21(14)31-22-8-4-2-6-15(16)22/h1-11,16H,12H2,(H,27,28)(H,29,30). The van der Waals surface area contributed by atoms with Crippen molar-refractivity contribution in [2.45, 2.75) is 15.7 Å². The molecule has 4 nitrogen and oxygen atoms in total. The first-order valence-electron chi connectivity index (χ1n) is 9.64. The van der Waals surface area contributed by atoms with Gasteiger partial charge in [-0.15, -0.1) is 0 Å². The first-order valence-corrected chi connectivity index (χ1v) is 11.2. The van der Waals surface area contributed by atoms with Crippen molar-refractivity contribution in [3.8, 4) is 0 Å². The molecule has 0 fully saturated rings. The topological polar surface area (TPSA) is 62.2 Å². The number of carboxylic acids is 1. The predicted octanol–water partition coefficient (Wildman–Crippen LogP) is 6.95. The summed E-state index contributed by atoms with van der Waals surface area (Å²) >= 11 is 14.4. The Labute approximate surface area is 193 Å². The van der Waals surface area contributed by atoms with E-state index in [-0.39, 0.29) is 11.6 Å². The lowest BCUT2D eigenvalue weighted by Gasteiger charge is -2.28. The van der Waals surface area contributed by atoms with Gasteiger partial charge in [-0.25, -0.2) is 9.78 Å². The number of carboxylic acid groups (broad SMARTS) is 1. The average Bonchev–Trinajstić information content (AvgIpc) is 2.75. The molecule has 0 radical (unpaired) electrons. The Kier molecular flexibility index (Phi) is 5.26. The van der Waals surface area contributed by atoms with Crippen LogP contribution >= 0.6 is 35.0 Å². The molecule has 0 amide bonds. The van der Waals surface area contributed by atoms with Crippen molar-refractivity contribution in [1.29, 1.82) is 0 Å². The molecule has 0 aliphatic carbocycles. The monoisotopic (exact) mass is 466 g/mol. The highest BCUT2D eigenvalue weighted by Crippen LogP contribution is 2.46. The zero-order valence-corrected chi connectivity index (χ0v) is 18.4. The highest BCUT2D eigenvalue weighted by molar-refractivity contribution is 7.99. The van der Waals surface area contributed by atoms with Crippen LogP contribution in [0.3, 0.4) is 0 Å². The van der Waals surface area contributed by atoms with E-state index in [0.29, 0.717) is 33.2 Å². The minimum Gasteiger partial charge on any atom is -0.477 e. The van der Waals surface area contributed by atoms with Crippen molar-refractivity contribution in [2.75, 3.05) is 11.9 Å². The van der Waals surface area contributed by atoms with Crippen molar-refractivity contribution < 1.29 is 9.90 Å². The van der Waals surface area contributed by atoms with E-state index in [4.69, 9.17) is 23.2 Å². The summed E-state index contributed by atoms with van der Waals surface area (Å²) in [6.45, 7) is 0.575. The molecule has 4 aromatic rings. The zero-order chi connectivity index (χ0) is 21.5. The molecule has 0 saturated carbocycles. The van der Waals surface area contributed by atoms with Gasteiger partial charge >= 0.3 is 5.97 Å². The maximum atomic E-state index is 11.6. The molecule has 0 spiro atoms. The summed E-state index contributed by atoms with van der Waals surface area (Å²) in [4.78, 5) is 18.3. The molecule has 1 aliphatic heterocycles. The summed E-state index contributed by atoms with van der Waals surface area (Å²) in [5.41, 5.74) is 3.49.